The first-order chi connectivity index (χ1) is 16.2. The number of rotatable bonds is 5. The summed E-state index contributed by atoms with van der Waals surface area (Å²) in [5.41, 5.74) is 7.06. The molecule has 4 heteroatoms. The van der Waals surface area contributed by atoms with E-state index in [9.17, 15) is 14.7 Å². The molecule has 2 aromatic rings. The van der Waals surface area contributed by atoms with Gasteiger partial charge in [0.25, 0.3) is 5.91 Å². The minimum Gasteiger partial charge on any atom is -0.396 e. The average Bonchev–Trinajstić information content (AvgIpc) is 3.15. The standard InChI is InChI=1S/C29H23NO3/c31-17-7-12-23-19-30-26(18-25(23)20-13-15-24(32)16-14-20)27(21-8-3-1-4-9-21)28(29(30)33)22-10-5-2-6-11-22/h1-6,8-11,13-16,18-19,31H,7,12,17H2. The predicted octanol–water partition coefficient (Wildman–Crippen LogP) is 4.99. The molecular formula is C29H23NO3. The number of nitrogens with zero attached hydrogens (tertiary/aromatic N) is 1. The molecular weight excluding hydrogens is 410 g/mol. The lowest BCUT2D eigenvalue weighted by atomic mass is 9.89. The van der Waals surface area contributed by atoms with Crippen molar-refractivity contribution >= 4 is 22.8 Å². The van der Waals surface area contributed by atoms with Gasteiger partial charge in [0.15, 0.2) is 5.78 Å². The van der Waals surface area contributed by atoms with Gasteiger partial charge in [-0.05, 0) is 58.9 Å². The van der Waals surface area contributed by atoms with Crippen molar-refractivity contribution in [1.82, 2.24) is 4.90 Å². The Morgan fingerprint density at radius 1 is 0.758 bits per heavy atom. The normalized spacial score (nSPS) is 17.5. The maximum absolute atomic E-state index is 13.7. The molecule has 0 aromatic heterocycles. The van der Waals surface area contributed by atoms with E-state index in [0.29, 0.717) is 18.4 Å². The molecule has 3 aliphatic rings. The van der Waals surface area contributed by atoms with Crippen molar-refractivity contribution in [1.29, 1.82) is 0 Å². The second-order valence-electron chi connectivity index (χ2n) is 8.11. The molecule has 0 saturated heterocycles. The van der Waals surface area contributed by atoms with Crippen LogP contribution in [0.25, 0.3) is 11.1 Å². The van der Waals surface area contributed by atoms with Gasteiger partial charge < -0.3 is 5.11 Å². The summed E-state index contributed by atoms with van der Waals surface area (Å²) in [4.78, 5) is 27.1. The van der Waals surface area contributed by atoms with E-state index in [1.165, 1.54) is 0 Å². The van der Waals surface area contributed by atoms with Crippen molar-refractivity contribution in [2.24, 2.45) is 0 Å². The first-order valence-corrected chi connectivity index (χ1v) is 11.0. The number of fused-ring (bicyclic) bond motifs is 1. The summed E-state index contributed by atoms with van der Waals surface area (Å²) in [6.45, 7) is 0.0669. The van der Waals surface area contributed by atoms with Gasteiger partial charge in [-0.25, -0.2) is 0 Å². The molecule has 0 spiro atoms. The highest BCUT2D eigenvalue weighted by Gasteiger charge is 2.38. The lowest BCUT2D eigenvalue weighted by molar-refractivity contribution is -0.120. The van der Waals surface area contributed by atoms with Gasteiger partial charge in [-0.2, -0.15) is 0 Å². The summed E-state index contributed by atoms with van der Waals surface area (Å²) in [5.74, 6) is -0.112. The third kappa shape index (κ3) is 3.86. The number of carbonyl (C=O) groups excluding carboxylic acids is 2. The highest BCUT2D eigenvalue weighted by Crippen LogP contribution is 2.46. The van der Waals surface area contributed by atoms with Crippen molar-refractivity contribution < 1.29 is 14.7 Å². The van der Waals surface area contributed by atoms with E-state index in [1.807, 2.05) is 85.1 Å². The van der Waals surface area contributed by atoms with Crippen LogP contribution < -0.4 is 0 Å². The molecule has 5 rings (SSSR count). The summed E-state index contributed by atoms with van der Waals surface area (Å²) >= 11 is 0. The molecule has 4 nitrogen and oxygen atoms in total. The molecule has 0 radical (unpaired) electrons. The Labute approximate surface area is 192 Å². The predicted molar refractivity (Wildman–Crippen MR) is 129 cm³/mol. The number of benzene rings is 2. The summed E-state index contributed by atoms with van der Waals surface area (Å²) in [7, 11) is 0. The zero-order valence-corrected chi connectivity index (χ0v) is 18.1. The Bertz CT molecular complexity index is 1290. The van der Waals surface area contributed by atoms with Gasteiger partial charge in [0.2, 0.25) is 0 Å². The molecule has 0 unspecified atom stereocenters. The lowest BCUT2D eigenvalue weighted by Crippen LogP contribution is -2.23. The summed E-state index contributed by atoms with van der Waals surface area (Å²) in [6, 6.07) is 19.7. The van der Waals surface area contributed by atoms with E-state index in [-0.39, 0.29) is 18.3 Å². The van der Waals surface area contributed by atoms with Crippen LogP contribution in [0.5, 0.6) is 0 Å². The van der Waals surface area contributed by atoms with Crippen molar-refractivity contribution in [3.05, 3.63) is 131 Å². The van der Waals surface area contributed by atoms with Crippen LogP contribution >= 0.6 is 0 Å². The third-order valence-corrected chi connectivity index (χ3v) is 6.00. The molecule has 2 heterocycles. The minimum atomic E-state index is -0.0678. The highest BCUT2D eigenvalue weighted by atomic mass is 16.3. The zero-order valence-electron chi connectivity index (χ0n) is 18.1. The Hall–Kier alpha value is -4.02. The molecule has 1 N–H and O–H groups in total. The fourth-order valence-corrected chi connectivity index (χ4v) is 4.45. The fourth-order valence-electron chi connectivity index (χ4n) is 4.45. The molecule has 2 aliphatic heterocycles. The number of aliphatic hydroxyl groups excluding tert-OH is 1. The highest BCUT2D eigenvalue weighted by molar-refractivity contribution is 6.34. The van der Waals surface area contributed by atoms with E-state index < -0.39 is 0 Å². The molecule has 162 valence electrons. The Morgan fingerprint density at radius 2 is 1.36 bits per heavy atom. The fraction of sp³-hybridized carbons (Fsp3) is 0.103. The van der Waals surface area contributed by atoms with E-state index in [1.54, 1.807) is 17.1 Å². The van der Waals surface area contributed by atoms with Crippen LogP contribution in [0.2, 0.25) is 0 Å². The quantitative estimate of drug-likeness (QED) is 0.723. The van der Waals surface area contributed by atoms with E-state index >= 15 is 0 Å². The Kier molecular flexibility index (Phi) is 5.59. The van der Waals surface area contributed by atoms with Gasteiger partial charge in [-0.15, -0.1) is 0 Å². The molecule has 0 bridgehead atoms. The van der Waals surface area contributed by atoms with Crippen molar-refractivity contribution in [2.45, 2.75) is 12.8 Å². The maximum atomic E-state index is 13.7. The van der Waals surface area contributed by atoms with Gasteiger partial charge in [0.1, 0.15) is 0 Å². The van der Waals surface area contributed by atoms with Crippen molar-refractivity contribution in [2.75, 3.05) is 6.61 Å². The second-order valence-corrected chi connectivity index (χ2v) is 8.11. The molecule has 0 saturated carbocycles. The average molecular weight is 434 g/mol. The Morgan fingerprint density at radius 3 is 1.97 bits per heavy atom. The van der Waals surface area contributed by atoms with Gasteiger partial charge in [-0.1, -0.05) is 72.8 Å². The molecule has 1 amide bonds. The van der Waals surface area contributed by atoms with Crippen molar-refractivity contribution in [3.8, 4) is 0 Å². The second kappa shape index (κ2) is 8.85. The van der Waals surface area contributed by atoms with Crippen LogP contribution in [0.4, 0.5) is 0 Å². The number of hydrogen-bond donors (Lipinski definition) is 1. The van der Waals surface area contributed by atoms with Gasteiger partial charge in [0.05, 0.1) is 11.3 Å². The first-order valence-electron chi connectivity index (χ1n) is 11.0. The minimum absolute atomic E-state index is 0.0439. The van der Waals surface area contributed by atoms with Gasteiger partial charge in [0, 0.05) is 18.4 Å². The molecule has 2 aromatic carbocycles. The van der Waals surface area contributed by atoms with E-state index in [4.69, 9.17) is 0 Å². The number of amides is 1. The number of aliphatic hydroxyl groups is 1. The third-order valence-electron chi connectivity index (χ3n) is 6.00. The van der Waals surface area contributed by atoms with Crippen LogP contribution in [-0.2, 0) is 9.59 Å². The number of ketones is 1. The zero-order chi connectivity index (χ0) is 22.8. The smallest absolute Gasteiger partial charge is 0.263 e. The summed E-state index contributed by atoms with van der Waals surface area (Å²) in [5, 5.41) is 9.43. The largest absolute Gasteiger partial charge is 0.396 e. The molecule has 0 fully saturated rings. The van der Waals surface area contributed by atoms with Crippen LogP contribution in [0.15, 0.2) is 120 Å². The van der Waals surface area contributed by atoms with Crippen LogP contribution in [0, 0.1) is 0 Å². The van der Waals surface area contributed by atoms with Crippen LogP contribution in [-0.4, -0.2) is 28.3 Å². The molecule has 1 aliphatic carbocycles. The summed E-state index contributed by atoms with van der Waals surface area (Å²) < 4.78 is 0. The Balaban J connectivity index is 1.74. The van der Waals surface area contributed by atoms with Crippen LogP contribution in [0.1, 0.15) is 24.0 Å². The maximum Gasteiger partial charge on any atom is 0.263 e. The monoisotopic (exact) mass is 433 g/mol. The number of hydrogen-bond acceptors (Lipinski definition) is 3. The van der Waals surface area contributed by atoms with Crippen LogP contribution in [0.3, 0.4) is 0 Å². The molecule has 33 heavy (non-hydrogen) atoms. The molecule has 0 atom stereocenters. The van der Waals surface area contributed by atoms with Gasteiger partial charge >= 0.3 is 0 Å². The SMILES string of the molecule is O=C1C=CC(=C2C=C3C(c4ccccc4)=C(c4ccccc4)C(=O)N3C=C2CCCO)C=C1. The van der Waals surface area contributed by atoms with Crippen molar-refractivity contribution in [3.63, 3.8) is 0 Å². The lowest BCUT2D eigenvalue weighted by Gasteiger charge is -2.25. The summed E-state index contributed by atoms with van der Waals surface area (Å²) in [6.07, 6.45) is 11.9. The van der Waals surface area contributed by atoms with E-state index in [2.05, 4.69) is 0 Å². The van der Waals surface area contributed by atoms with E-state index in [0.717, 1.165) is 39.1 Å². The first kappa shape index (κ1) is 20.9. The topological polar surface area (TPSA) is 57.6 Å². The number of carbonyl (C=O) groups is 2. The number of allylic oxidation sites excluding steroid dienone is 9. The van der Waals surface area contributed by atoms with Gasteiger partial charge in [-0.3, -0.25) is 14.5 Å².